The van der Waals surface area contributed by atoms with Crippen LogP contribution in [0, 0.1) is 0 Å². The van der Waals surface area contributed by atoms with E-state index in [-0.39, 0.29) is 12.3 Å². The Morgan fingerprint density at radius 2 is 1.90 bits per heavy atom. The van der Waals surface area contributed by atoms with Gasteiger partial charge in [0.25, 0.3) is 5.91 Å². The first-order valence-corrected chi connectivity index (χ1v) is 6.65. The van der Waals surface area contributed by atoms with E-state index in [1.54, 1.807) is 30.3 Å². The van der Waals surface area contributed by atoms with Crippen LogP contribution in [0.1, 0.15) is 22.3 Å². The van der Waals surface area contributed by atoms with Gasteiger partial charge in [-0.2, -0.15) is 0 Å². The van der Waals surface area contributed by atoms with Crippen LogP contribution in [0.3, 0.4) is 0 Å². The van der Waals surface area contributed by atoms with E-state index in [1.807, 2.05) is 0 Å². The number of anilines is 1. The highest BCUT2D eigenvalue weighted by molar-refractivity contribution is 6.34. The highest BCUT2D eigenvalue weighted by Gasteiger charge is 2.10. The van der Waals surface area contributed by atoms with Gasteiger partial charge in [-0.1, -0.05) is 23.7 Å². The van der Waals surface area contributed by atoms with E-state index in [0.717, 1.165) is 5.56 Å². The van der Waals surface area contributed by atoms with Gasteiger partial charge >= 0.3 is 5.97 Å². The maximum absolute atomic E-state index is 12.0. The number of nitrogens with one attached hydrogen (secondary N) is 1. The molecule has 0 radical (unpaired) electrons. The maximum atomic E-state index is 12.0. The van der Waals surface area contributed by atoms with Gasteiger partial charge in [-0.25, -0.2) is 0 Å². The third-order valence-corrected chi connectivity index (χ3v) is 3.18. The van der Waals surface area contributed by atoms with Crippen LogP contribution in [0.5, 0.6) is 0 Å². The van der Waals surface area contributed by atoms with Crippen LogP contribution in [-0.4, -0.2) is 22.0 Å². The number of rotatable bonds is 5. The van der Waals surface area contributed by atoms with Crippen molar-refractivity contribution in [2.45, 2.75) is 12.8 Å². The summed E-state index contributed by atoms with van der Waals surface area (Å²) in [6.07, 6.45) is 3.45. The lowest BCUT2D eigenvalue weighted by atomic mass is 10.1. The van der Waals surface area contributed by atoms with Gasteiger partial charge < -0.3 is 10.4 Å². The van der Waals surface area contributed by atoms with Crippen LogP contribution in [0.2, 0.25) is 5.02 Å². The Labute approximate surface area is 126 Å². The second-order valence-electron chi connectivity index (χ2n) is 4.40. The summed E-state index contributed by atoms with van der Waals surface area (Å²) >= 11 is 5.93. The lowest BCUT2D eigenvalue weighted by Gasteiger charge is -2.07. The number of aliphatic carboxylic acids is 1. The largest absolute Gasteiger partial charge is 0.481 e. The summed E-state index contributed by atoms with van der Waals surface area (Å²) in [6, 6.07) is 8.55. The fraction of sp³-hybridized carbons (Fsp3) is 0.133. The molecule has 2 aromatic rings. The molecule has 0 saturated heterocycles. The standard InChI is InChI=1S/C15H13ClN2O3/c16-13-7-8-17-9-12(13)15(21)18-11-4-1-10(2-5-11)3-6-14(19)20/h1-2,4-5,7-9H,3,6H2,(H,18,21)(H,19,20). The fourth-order valence-electron chi connectivity index (χ4n) is 1.75. The molecular formula is C15H13ClN2O3. The Kier molecular flexibility index (Phi) is 4.90. The molecule has 1 aromatic heterocycles. The van der Waals surface area contributed by atoms with Crippen molar-refractivity contribution in [3.63, 3.8) is 0 Å². The zero-order valence-electron chi connectivity index (χ0n) is 11.0. The molecule has 1 aromatic carbocycles. The van der Waals surface area contributed by atoms with Crippen LogP contribution in [0.4, 0.5) is 5.69 Å². The van der Waals surface area contributed by atoms with Crippen molar-refractivity contribution in [2.75, 3.05) is 5.32 Å². The number of carboxylic acids is 1. The number of hydrogen-bond acceptors (Lipinski definition) is 3. The van der Waals surface area contributed by atoms with Gasteiger partial charge in [0.15, 0.2) is 0 Å². The van der Waals surface area contributed by atoms with Crippen molar-refractivity contribution in [3.8, 4) is 0 Å². The van der Waals surface area contributed by atoms with E-state index < -0.39 is 5.97 Å². The number of carbonyl (C=O) groups excluding carboxylic acids is 1. The Hall–Kier alpha value is -2.40. The van der Waals surface area contributed by atoms with Crippen molar-refractivity contribution in [1.82, 2.24) is 4.98 Å². The summed E-state index contributed by atoms with van der Waals surface area (Å²) in [6.45, 7) is 0. The number of carbonyl (C=O) groups is 2. The van der Waals surface area contributed by atoms with Crippen molar-refractivity contribution >= 4 is 29.2 Å². The Morgan fingerprint density at radius 1 is 1.19 bits per heavy atom. The molecule has 0 aliphatic carbocycles. The average Bonchev–Trinajstić information content (AvgIpc) is 2.47. The number of carboxylic acid groups (broad SMARTS) is 1. The van der Waals surface area contributed by atoms with Gasteiger partial charge in [0.1, 0.15) is 0 Å². The number of aryl methyl sites for hydroxylation is 1. The molecule has 0 atom stereocenters. The molecule has 0 aliphatic rings. The molecule has 21 heavy (non-hydrogen) atoms. The zero-order valence-corrected chi connectivity index (χ0v) is 11.8. The van der Waals surface area contributed by atoms with Crippen molar-refractivity contribution in [3.05, 3.63) is 58.9 Å². The molecule has 108 valence electrons. The van der Waals surface area contributed by atoms with Crippen LogP contribution < -0.4 is 5.32 Å². The predicted octanol–water partition coefficient (Wildman–Crippen LogP) is 3.00. The Bertz CT molecular complexity index is 656. The summed E-state index contributed by atoms with van der Waals surface area (Å²) in [4.78, 5) is 26.4. The molecule has 1 heterocycles. The molecular weight excluding hydrogens is 292 g/mol. The number of benzene rings is 1. The zero-order chi connectivity index (χ0) is 15.2. The minimum atomic E-state index is -0.835. The molecule has 0 spiro atoms. The summed E-state index contributed by atoms with van der Waals surface area (Å²) in [5, 5.41) is 11.7. The van der Waals surface area contributed by atoms with Gasteiger partial charge in [0.05, 0.1) is 10.6 Å². The molecule has 0 fully saturated rings. The molecule has 2 N–H and O–H groups in total. The number of halogens is 1. The summed E-state index contributed by atoms with van der Waals surface area (Å²) < 4.78 is 0. The molecule has 1 amide bonds. The van der Waals surface area contributed by atoms with Crippen LogP contribution in [0.25, 0.3) is 0 Å². The van der Waals surface area contributed by atoms with E-state index in [2.05, 4.69) is 10.3 Å². The van der Waals surface area contributed by atoms with Gasteiger partial charge in [0, 0.05) is 24.5 Å². The van der Waals surface area contributed by atoms with E-state index in [1.165, 1.54) is 12.4 Å². The first kappa shape index (κ1) is 15.0. The van der Waals surface area contributed by atoms with Crippen LogP contribution in [-0.2, 0) is 11.2 Å². The number of nitrogens with zero attached hydrogens (tertiary/aromatic N) is 1. The minimum Gasteiger partial charge on any atom is -0.481 e. The first-order chi connectivity index (χ1) is 10.1. The number of aromatic nitrogens is 1. The van der Waals surface area contributed by atoms with E-state index in [0.29, 0.717) is 22.7 Å². The lowest BCUT2D eigenvalue weighted by Crippen LogP contribution is -2.12. The minimum absolute atomic E-state index is 0.0804. The third-order valence-electron chi connectivity index (χ3n) is 2.85. The molecule has 6 heteroatoms. The number of pyridine rings is 1. The first-order valence-electron chi connectivity index (χ1n) is 6.28. The van der Waals surface area contributed by atoms with E-state index in [9.17, 15) is 9.59 Å². The summed E-state index contributed by atoms with van der Waals surface area (Å²) in [5.41, 5.74) is 1.81. The molecule has 0 aliphatic heterocycles. The highest BCUT2D eigenvalue weighted by Crippen LogP contribution is 2.17. The second kappa shape index (κ2) is 6.85. The molecule has 0 saturated carbocycles. The van der Waals surface area contributed by atoms with Crippen molar-refractivity contribution < 1.29 is 14.7 Å². The van der Waals surface area contributed by atoms with Crippen LogP contribution in [0.15, 0.2) is 42.7 Å². The smallest absolute Gasteiger partial charge is 0.303 e. The van der Waals surface area contributed by atoms with Crippen molar-refractivity contribution in [1.29, 1.82) is 0 Å². The monoisotopic (exact) mass is 304 g/mol. The SMILES string of the molecule is O=C(O)CCc1ccc(NC(=O)c2cnccc2Cl)cc1. The topological polar surface area (TPSA) is 79.3 Å². The van der Waals surface area contributed by atoms with Gasteiger partial charge in [-0.3, -0.25) is 14.6 Å². The van der Waals surface area contributed by atoms with Crippen molar-refractivity contribution in [2.24, 2.45) is 0 Å². The maximum Gasteiger partial charge on any atom is 0.303 e. The summed E-state index contributed by atoms with van der Waals surface area (Å²) in [5.74, 6) is -1.18. The molecule has 5 nitrogen and oxygen atoms in total. The quantitative estimate of drug-likeness (QED) is 0.890. The van der Waals surface area contributed by atoms with Gasteiger partial charge in [0.2, 0.25) is 0 Å². The molecule has 0 bridgehead atoms. The predicted molar refractivity (Wildman–Crippen MR) is 79.6 cm³/mol. The third kappa shape index (κ3) is 4.29. The lowest BCUT2D eigenvalue weighted by molar-refractivity contribution is -0.136. The summed E-state index contributed by atoms with van der Waals surface area (Å²) in [7, 11) is 0. The Balaban J connectivity index is 2.02. The molecule has 2 rings (SSSR count). The van der Waals surface area contributed by atoms with E-state index in [4.69, 9.17) is 16.7 Å². The van der Waals surface area contributed by atoms with E-state index >= 15 is 0 Å². The Morgan fingerprint density at radius 3 is 2.52 bits per heavy atom. The highest BCUT2D eigenvalue weighted by atomic mass is 35.5. The average molecular weight is 305 g/mol. The number of amides is 1. The van der Waals surface area contributed by atoms with Crippen LogP contribution >= 0.6 is 11.6 Å². The fourth-order valence-corrected chi connectivity index (χ4v) is 1.94. The number of hydrogen-bond donors (Lipinski definition) is 2. The van der Waals surface area contributed by atoms with Gasteiger partial charge in [-0.15, -0.1) is 0 Å². The second-order valence-corrected chi connectivity index (χ2v) is 4.81. The van der Waals surface area contributed by atoms with Gasteiger partial charge in [-0.05, 0) is 30.2 Å². The normalized spacial score (nSPS) is 10.1. The molecule has 0 unspecified atom stereocenters.